The molecule has 1 heterocycles. The fraction of sp³-hybridized carbons (Fsp3) is 0.778. The summed E-state index contributed by atoms with van der Waals surface area (Å²) in [6.07, 6.45) is 0.600. The van der Waals surface area contributed by atoms with Crippen molar-refractivity contribution in [2.24, 2.45) is 0 Å². The first-order valence-electron chi connectivity index (χ1n) is 4.75. The van der Waals surface area contributed by atoms with Gasteiger partial charge in [0.2, 0.25) is 5.91 Å². The molecule has 0 aromatic heterocycles. The summed E-state index contributed by atoms with van der Waals surface area (Å²) in [5, 5.41) is 10.1. The highest BCUT2D eigenvalue weighted by Gasteiger charge is 2.15. The summed E-state index contributed by atoms with van der Waals surface area (Å²) in [5.41, 5.74) is 0. The summed E-state index contributed by atoms with van der Waals surface area (Å²) in [6.45, 7) is 2.38. The maximum Gasteiger partial charge on any atom is 0.222 e. The first kappa shape index (κ1) is 11.0. The molecule has 0 unspecified atom stereocenters. The SMILES string of the molecule is O=C([O-])CCCC(=O)N1CCOCC1. The maximum atomic E-state index is 11.4. The van der Waals surface area contributed by atoms with Crippen LogP contribution in [0.5, 0.6) is 0 Å². The maximum absolute atomic E-state index is 11.4. The van der Waals surface area contributed by atoms with E-state index >= 15 is 0 Å². The summed E-state index contributed by atoms with van der Waals surface area (Å²) in [4.78, 5) is 23.2. The summed E-state index contributed by atoms with van der Waals surface area (Å²) in [5.74, 6) is -1.09. The molecule has 0 saturated carbocycles. The topological polar surface area (TPSA) is 69.7 Å². The van der Waals surface area contributed by atoms with Crippen LogP contribution >= 0.6 is 0 Å². The van der Waals surface area contributed by atoms with Crippen LogP contribution < -0.4 is 5.11 Å². The van der Waals surface area contributed by atoms with E-state index in [4.69, 9.17) is 4.74 Å². The average Bonchev–Trinajstić information content (AvgIpc) is 2.18. The summed E-state index contributed by atoms with van der Waals surface area (Å²) in [6, 6.07) is 0. The number of amides is 1. The Balaban J connectivity index is 2.16. The Morgan fingerprint density at radius 1 is 1.21 bits per heavy atom. The van der Waals surface area contributed by atoms with Gasteiger partial charge in [0.1, 0.15) is 0 Å². The lowest BCUT2D eigenvalue weighted by atomic mass is 10.2. The van der Waals surface area contributed by atoms with Gasteiger partial charge in [0, 0.05) is 25.5 Å². The molecule has 0 atom stereocenters. The van der Waals surface area contributed by atoms with E-state index in [0.717, 1.165) is 0 Å². The number of hydrogen-bond acceptors (Lipinski definition) is 4. The lowest BCUT2D eigenvalue weighted by Gasteiger charge is -2.26. The van der Waals surface area contributed by atoms with Crippen molar-refractivity contribution < 1.29 is 19.4 Å². The minimum atomic E-state index is -1.10. The number of ether oxygens (including phenoxy) is 1. The van der Waals surface area contributed by atoms with Gasteiger partial charge in [-0.2, -0.15) is 0 Å². The largest absolute Gasteiger partial charge is 0.550 e. The highest BCUT2D eigenvalue weighted by atomic mass is 16.5. The summed E-state index contributed by atoms with van der Waals surface area (Å²) >= 11 is 0. The predicted molar refractivity (Wildman–Crippen MR) is 46.3 cm³/mol. The van der Waals surface area contributed by atoms with Crippen molar-refractivity contribution in [2.45, 2.75) is 19.3 Å². The van der Waals surface area contributed by atoms with E-state index in [0.29, 0.717) is 32.7 Å². The number of rotatable bonds is 4. The van der Waals surface area contributed by atoms with E-state index in [2.05, 4.69) is 0 Å². The Labute approximate surface area is 82.6 Å². The summed E-state index contributed by atoms with van der Waals surface area (Å²) in [7, 11) is 0. The van der Waals surface area contributed by atoms with Crippen LogP contribution in [0.15, 0.2) is 0 Å². The Hall–Kier alpha value is -1.10. The van der Waals surface area contributed by atoms with E-state index in [1.54, 1.807) is 4.90 Å². The second-order valence-corrected chi connectivity index (χ2v) is 3.22. The van der Waals surface area contributed by atoms with Gasteiger partial charge in [-0.25, -0.2) is 0 Å². The van der Waals surface area contributed by atoms with Crippen LogP contribution in [0, 0.1) is 0 Å². The molecule has 1 fully saturated rings. The average molecular weight is 200 g/mol. The van der Waals surface area contributed by atoms with E-state index < -0.39 is 5.97 Å². The molecule has 1 saturated heterocycles. The molecule has 0 spiro atoms. The van der Waals surface area contributed by atoms with Crippen LogP contribution in [0.25, 0.3) is 0 Å². The van der Waals surface area contributed by atoms with Crippen molar-refractivity contribution in [3.05, 3.63) is 0 Å². The van der Waals surface area contributed by atoms with Gasteiger partial charge in [-0.05, 0) is 12.8 Å². The number of carbonyl (C=O) groups is 2. The molecule has 0 bridgehead atoms. The number of nitrogens with zero attached hydrogens (tertiary/aromatic N) is 1. The van der Waals surface area contributed by atoms with Gasteiger partial charge >= 0.3 is 0 Å². The lowest BCUT2D eigenvalue weighted by molar-refractivity contribution is -0.305. The molecule has 14 heavy (non-hydrogen) atoms. The first-order valence-corrected chi connectivity index (χ1v) is 4.75. The normalized spacial score (nSPS) is 16.7. The molecule has 0 aromatic carbocycles. The van der Waals surface area contributed by atoms with Crippen molar-refractivity contribution in [1.82, 2.24) is 4.90 Å². The highest BCUT2D eigenvalue weighted by molar-refractivity contribution is 5.76. The van der Waals surface area contributed by atoms with Gasteiger partial charge in [-0.1, -0.05) is 0 Å². The van der Waals surface area contributed by atoms with Crippen LogP contribution in [0.4, 0.5) is 0 Å². The first-order chi connectivity index (χ1) is 6.70. The number of carbonyl (C=O) groups excluding carboxylic acids is 2. The van der Waals surface area contributed by atoms with Crippen molar-refractivity contribution >= 4 is 11.9 Å². The molecule has 0 N–H and O–H groups in total. The van der Waals surface area contributed by atoms with Gasteiger partial charge < -0.3 is 19.5 Å². The van der Waals surface area contributed by atoms with E-state index in [1.165, 1.54) is 0 Å². The fourth-order valence-electron chi connectivity index (χ4n) is 1.35. The van der Waals surface area contributed by atoms with Crippen LogP contribution in [0.3, 0.4) is 0 Å². The monoisotopic (exact) mass is 200 g/mol. The molecule has 0 radical (unpaired) electrons. The smallest absolute Gasteiger partial charge is 0.222 e. The molecule has 5 nitrogen and oxygen atoms in total. The van der Waals surface area contributed by atoms with Crippen LogP contribution in [-0.4, -0.2) is 43.1 Å². The minimum absolute atomic E-state index is 0.00884. The molecular formula is C9H14NO4-. The molecular weight excluding hydrogens is 186 g/mol. The molecule has 1 rings (SSSR count). The molecule has 80 valence electrons. The zero-order chi connectivity index (χ0) is 10.4. The number of morpholine rings is 1. The van der Waals surface area contributed by atoms with Crippen LogP contribution in [-0.2, 0) is 14.3 Å². The van der Waals surface area contributed by atoms with Crippen molar-refractivity contribution in [1.29, 1.82) is 0 Å². The quantitative estimate of drug-likeness (QED) is 0.569. The number of hydrogen-bond donors (Lipinski definition) is 0. The van der Waals surface area contributed by atoms with Gasteiger partial charge in [0.05, 0.1) is 13.2 Å². The molecule has 1 amide bonds. The molecule has 0 aromatic rings. The fourth-order valence-corrected chi connectivity index (χ4v) is 1.35. The molecule has 0 aliphatic carbocycles. The Kier molecular flexibility index (Phi) is 4.39. The Morgan fingerprint density at radius 2 is 1.86 bits per heavy atom. The molecule has 5 heteroatoms. The standard InChI is InChI=1S/C9H15NO4/c11-8(2-1-3-9(12)13)10-4-6-14-7-5-10/h1-7H2,(H,12,13)/p-1. The van der Waals surface area contributed by atoms with Crippen LogP contribution in [0.1, 0.15) is 19.3 Å². The second-order valence-electron chi connectivity index (χ2n) is 3.22. The number of carboxylic acid groups (broad SMARTS) is 1. The zero-order valence-corrected chi connectivity index (χ0v) is 8.03. The number of aliphatic carboxylic acids is 1. The van der Waals surface area contributed by atoms with Gasteiger partial charge in [0.15, 0.2) is 0 Å². The summed E-state index contributed by atoms with van der Waals surface area (Å²) < 4.78 is 5.09. The Morgan fingerprint density at radius 3 is 2.43 bits per heavy atom. The van der Waals surface area contributed by atoms with E-state index in [1.807, 2.05) is 0 Å². The Bertz CT molecular complexity index is 211. The second kappa shape index (κ2) is 5.59. The van der Waals surface area contributed by atoms with Crippen LogP contribution in [0.2, 0.25) is 0 Å². The van der Waals surface area contributed by atoms with E-state index in [-0.39, 0.29) is 18.7 Å². The van der Waals surface area contributed by atoms with Crippen molar-refractivity contribution in [3.63, 3.8) is 0 Å². The predicted octanol–water partition coefficient (Wildman–Crippen LogP) is -1.23. The third kappa shape index (κ3) is 3.74. The minimum Gasteiger partial charge on any atom is -0.550 e. The van der Waals surface area contributed by atoms with E-state index in [9.17, 15) is 14.7 Å². The third-order valence-electron chi connectivity index (χ3n) is 2.14. The zero-order valence-electron chi connectivity index (χ0n) is 8.03. The molecule has 1 aliphatic rings. The van der Waals surface area contributed by atoms with Gasteiger partial charge in [0.25, 0.3) is 0 Å². The van der Waals surface area contributed by atoms with Gasteiger partial charge in [-0.15, -0.1) is 0 Å². The lowest BCUT2D eigenvalue weighted by Crippen LogP contribution is -2.40. The van der Waals surface area contributed by atoms with Crippen molar-refractivity contribution in [3.8, 4) is 0 Å². The third-order valence-corrected chi connectivity index (χ3v) is 2.14. The molecule has 1 aliphatic heterocycles. The number of carboxylic acids is 1. The van der Waals surface area contributed by atoms with Gasteiger partial charge in [-0.3, -0.25) is 4.79 Å². The highest BCUT2D eigenvalue weighted by Crippen LogP contribution is 2.03. The van der Waals surface area contributed by atoms with Crippen molar-refractivity contribution in [2.75, 3.05) is 26.3 Å².